The Bertz CT molecular complexity index is 888. The zero-order chi connectivity index (χ0) is 21.8. The summed E-state index contributed by atoms with van der Waals surface area (Å²) in [5.74, 6) is 2.03. The van der Waals surface area contributed by atoms with E-state index in [0.29, 0.717) is 43.2 Å². The number of hydrogen-bond donors (Lipinski definition) is 2. The number of rotatable bonds is 7. The van der Waals surface area contributed by atoms with Gasteiger partial charge in [-0.3, -0.25) is 14.3 Å². The van der Waals surface area contributed by atoms with Crippen molar-refractivity contribution in [1.29, 1.82) is 0 Å². The fraction of sp³-hybridized carbons (Fsp3) is 0.684. The molecule has 0 radical (unpaired) electrons. The lowest BCUT2D eigenvalue weighted by atomic mass is 9.73. The molecule has 5 rings (SSSR count). The summed E-state index contributed by atoms with van der Waals surface area (Å²) in [5, 5.41) is 18.1. The van der Waals surface area contributed by atoms with Crippen LogP contribution in [-0.4, -0.2) is 73.7 Å². The number of aryl methyl sites for hydroxylation is 2. The Morgan fingerprint density at radius 3 is 3.03 bits per heavy atom. The molecule has 168 valence electrons. The first-order valence-electron chi connectivity index (χ1n) is 10.4. The average molecular weight is 433 g/mol. The molecule has 2 aromatic heterocycles. The summed E-state index contributed by atoms with van der Waals surface area (Å²) >= 11 is 0. The first-order valence-corrected chi connectivity index (χ1v) is 10.4. The van der Waals surface area contributed by atoms with Crippen molar-refractivity contribution in [2.75, 3.05) is 24.5 Å². The van der Waals surface area contributed by atoms with E-state index in [0.717, 1.165) is 32.4 Å². The molecule has 3 saturated heterocycles. The van der Waals surface area contributed by atoms with E-state index in [9.17, 15) is 4.79 Å². The van der Waals surface area contributed by atoms with Gasteiger partial charge < -0.3 is 24.6 Å². The SMILES string of the molecule is Cc1nc(N2C[C@@H]3[C@H](CNC(=O)CCCn4cncn4)[C@H]4CC[C@]3(C2)O4)no1.O=CO. The van der Waals surface area contributed by atoms with Crippen LogP contribution in [0.25, 0.3) is 0 Å². The van der Waals surface area contributed by atoms with Gasteiger partial charge in [0, 0.05) is 44.8 Å². The van der Waals surface area contributed by atoms with Crippen molar-refractivity contribution in [1.82, 2.24) is 30.2 Å². The van der Waals surface area contributed by atoms with Crippen molar-refractivity contribution in [3.63, 3.8) is 0 Å². The van der Waals surface area contributed by atoms with Crippen LogP contribution in [0.15, 0.2) is 17.2 Å². The minimum absolute atomic E-state index is 0.0839. The number of hydrogen-bond acceptors (Lipinski definition) is 9. The predicted octanol–water partition coefficient (Wildman–Crippen LogP) is 0.251. The van der Waals surface area contributed by atoms with E-state index in [1.54, 1.807) is 17.9 Å². The van der Waals surface area contributed by atoms with Gasteiger partial charge in [-0.25, -0.2) is 4.98 Å². The maximum Gasteiger partial charge on any atom is 0.290 e. The molecule has 0 aromatic carbocycles. The quantitative estimate of drug-likeness (QED) is 0.582. The van der Waals surface area contributed by atoms with Crippen molar-refractivity contribution >= 4 is 18.3 Å². The van der Waals surface area contributed by atoms with Gasteiger partial charge in [0.15, 0.2) is 0 Å². The Kier molecular flexibility index (Phi) is 6.16. The van der Waals surface area contributed by atoms with Gasteiger partial charge in [0.25, 0.3) is 12.4 Å². The van der Waals surface area contributed by atoms with Gasteiger partial charge >= 0.3 is 0 Å². The minimum Gasteiger partial charge on any atom is -0.483 e. The van der Waals surface area contributed by atoms with Crippen molar-refractivity contribution < 1.29 is 24.0 Å². The number of amides is 1. The summed E-state index contributed by atoms with van der Waals surface area (Å²) < 4.78 is 13.3. The standard InChI is InChI=1S/C18H25N7O3.CH2O2/c1-12-22-17(23-28-12)24-8-14-13(15-4-5-18(14,9-24)27-15)7-20-16(26)3-2-6-25-11-19-10-21-25;2-1-3/h10-11,13-15H,2-9H2,1H3,(H,20,26);1H,(H,2,3)/t13-,14+,15+,18+;/m0./s1. The van der Waals surface area contributed by atoms with E-state index < -0.39 is 0 Å². The molecule has 5 heterocycles. The largest absolute Gasteiger partial charge is 0.483 e. The number of nitrogens with one attached hydrogen (secondary N) is 1. The summed E-state index contributed by atoms with van der Waals surface area (Å²) in [6, 6.07) is 0. The molecule has 3 aliphatic rings. The van der Waals surface area contributed by atoms with Crippen molar-refractivity contribution in [2.45, 2.75) is 50.9 Å². The molecule has 4 atom stereocenters. The molecule has 3 aliphatic heterocycles. The summed E-state index contributed by atoms with van der Waals surface area (Å²) in [6.45, 7) is 4.57. The van der Waals surface area contributed by atoms with E-state index in [-0.39, 0.29) is 24.1 Å². The third kappa shape index (κ3) is 4.38. The van der Waals surface area contributed by atoms with Crippen molar-refractivity contribution in [3.05, 3.63) is 18.5 Å². The van der Waals surface area contributed by atoms with Crippen LogP contribution >= 0.6 is 0 Å². The van der Waals surface area contributed by atoms with Gasteiger partial charge in [0.1, 0.15) is 12.7 Å². The highest BCUT2D eigenvalue weighted by Gasteiger charge is 2.63. The third-order valence-electron chi connectivity index (χ3n) is 6.38. The van der Waals surface area contributed by atoms with Gasteiger partial charge in [0.05, 0.1) is 18.2 Å². The number of carbonyl (C=O) groups is 2. The summed E-state index contributed by atoms with van der Waals surface area (Å²) in [6.07, 6.45) is 6.78. The first kappa shape index (κ1) is 21.2. The molecule has 12 heteroatoms. The lowest BCUT2D eigenvalue weighted by molar-refractivity contribution is -0.123. The molecule has 0 unspecified atom stereocenters. The number of fused-ring (bicyclic) bond motifs is 1. The van der Waals surface area contributed by atoms with Crippen LogP contribution in [0.4, 0.5) is 5.95 Å². The van der Waals surface area contributed by atoms with Crippen molar-refractivity contribution in [2.24, 2.45) is 11.8 Å². The average Bonchev–Trinajstić information content (AvgIpc) is 3.54. The molecule has 1 amide bonds. The molecular weight excluding hydrogens is 406 g/mol. The number of carbonyl (C=O) groups excluding carboxylic acids is 1. The highest BCUT2D eigenvalue weighted by atomic mass is 16.5. The third-order valence-corrected chi connectivity index (χ3v) is 6.38. The van der Waals surface area contributed by atoms with E-state index in [1.165, 1.54) is 6.33 Å². The first-order chi connectivity index (χ1) is 15.0. The predicted molar refractivity (Wildman–Crippen MR) is 106 cm³/mol. The Labute approximate surface area is 179 Å². The van der Waals surface area contributed by atoms with E-state index in [2.05, 4.69) is 30.4 Å². The second-order valence-corrected chi connectivity index (χ2v) is 8.20. The topological polar surface area (TPSA) is 148 Å². The van der Waals surface area contributed by atoms with Crippen LogP contribution in [0, 0.1) is 18.8 Å². The Balaban J connectivity index is 0.000000730. The summed E-state index contributed by atoms with van der Waals surface area (Å²) in [7, 11) is 0. The van der Waals surface area contributed by atoms with Gasteiger partial charge in [-0.05, 0) is 24.4 Å². The van der Waals surface area contributed by atoms with Crippen LogP contribution in [-0.2, 0) is 20.9 Å². The van der Waals surface area contributed by atoms with E-state index in [4.69, 9.17) is 19.2 Å². The van der Waals surface area contributed by atoms with E-state index >= 15 is 0 Å². The molecule has 2 bridgehead atoms. The second-order valence-electron chi connectivity index (χ2n) is 8.20. The maximum atomic E-state index is 12.3. The highest BCUT2D eigenvalue weighted by molar-refractivity contribution is 5.75. The molecule has 31 heavy (non-hydrogen) atoms. The Morgan fingerprint density at radius 2 is 2.32 bits per heavy atom. The molecule has 1 spiro atoms. The zero-order valence-corrected chi connectivity index (χ0v) is 17.4. The van der Waals surface area contributed by atoms with Crippen LogP contribution < -0.4 is 10.2 Å². The number of nitrogens with zero attached hydrogens (tertiary/aromatic N) is 6. The monoisotopic (exact) mass is 433 g/mol. The molecular formula is C19H27N7O5. The maximum absolute atomic E-state index is 12.3. The van der Waals surface area contributed by atoms with Gasteiger partial charge in [-0.15, -0.1) is 0 Å². The summed E-state index contributed by atoms with van der Waals surface area (Å²) in [4.78, 5) is 31.1. The van der Waals surface area contributed by atoms with Gasteiger partial charge in [0.2, 0.25) is 11.8 Å². The lowest BCUT2D eigenvalue weighted by Crippen LogP contribution is -2.41. The minimum atomic E-state index is -0.250. The van der Waals surface area contributed by atoms with Crippen LogP contribution in [0.1, 0.15) is 31.6 Å². The molecule has 2 aromatic rings. The Hall–Kier alpha value is -3.02. The number of ether oxygens (including phenoxy) is 1. The molecule has 12 nitrogen and oxygen atoms in total. The van der Waals surface area contributed by atoms with Gasteiger partial charge in [-0.2, -0.15) is 10.1 Å². The number of anilines is 1. The van der Waals surface area contributed by atoms with Crippen LogP contribution in [0.3, 0.4) is 0 Å². The second kappa shape index (κ2) is 9.00. The number of carboxylic acid groups (broad SMARTS) is 1. The van der Waals surface area contributed by atoms with Crippen LogP contribution in [0.2, 0.25) is 0 Å². The fourth-order valence-corrected chi connectivity index (χ4v) is 5.10. The molecule has 2 N–H and O–H groups in total. The fourth-order valence-electron chi connectivity index (χ4n) is 5.10. The Morgan fingerprint density at radius 1 is 1.48 bits per heavy atom. The van der Waals surface area contributed by atoms with Crippen molar-refractivity contribution in [3.8, 4) is 0 Å². The van der Waals surface area contributed by atoms with E-state index in [1.807, 2.05) is 0 Å². The van der Waals surface area contributed by atoms with Crippen LogP contribution in [0.5, 0.6) is 0 Å². The molecule has 0 saturated carbocycles. The lowest BCUT2D eigenvalue weighted by Gasteiger charge is -2.29. The number of aromatic nitrogens is 5. The molecule has 3 fully saturated rings. The smallest absolute Gasteiger partial charge is 0.290 e. The highest BCUT2D eigenvalue weighted by Crippen LogP contribution is 2.54. The zero-order valence-electron chi connectivity index (χ0n) is 17.4. The van der Waals surface area contributed by atoms with Gasteiger partial charge in [-0.1, -0.05) is 0 Å². The summed E-state index contributed by atoms with van der Waals surface area (Å²) in [5.41, 5.74) is -0.123. The normalized spacial score (nSPS) is 28.2. The molecule has 0 aliphatic carbocycles.